The molecule has 11 heteroatoms. The Balaban J connectivity index is 1.65. The topological polar surface area (TPSA) is 145 Å². The molecule has 0 radical (unpaired) electrons. The van der Waals surface area contributed by atoms with Crippen LogP contribution < -0.4 is 20.1 Å². The Morgan fingerprint density at radius 1 is 1.00 bits per heavy atom. The molecule has 0 bridgehead atoms. The molecule has 1 amide bonds. The van der Waals surface area contributed by atoms with E-state index in [9.17, 15) is 24.9 Å². The number of aliphatic hydroxyl groups is 3. The zero-order valence-electron chi connectivity index (χ0n) is 24.6. The van der Waals surface area contributed by atoms with Crippen molar-refractivity contribution in [1.82, 2.24) is 9.89 Å². The van der Waals surface area contributed by atoms with Gasteiger partial charge in [0.2, 0.25) is 17.6 Å². The second-order valence-electron chi connectivity index (χ2n) is 11.0. The number of nitrogens with one attached hydrogen (secondary N) is 1. The highest BCUT2D eigenvalue weighted by Crippen LogP contribution is 2.42. The SMILES string of the molecule is CC(=O)N[C@H]1[C@H](OC(=O)c2ccccc2-c2c3ccc(=[N+](C)C)cc-3oc3cc(N(C)C)ccc23)O[C@H](CO)[C@@H](O)[C@@H]1O. The summed E-state index contributed by atoms with van der Waals surface area (Å²) in [6.07, 6.45) is -5.77. The number of rotatable bonds is 6. The average molecular weight is 591 g/mol. The van der Waals surface area contributed by atoms with E-state index < -0.39 is 49.1 Å². The Morgan fingerprint density at radius 3 is 2.42 bits per heavy atom. The van der Waals surface area contributed by atoms with E-state index in [0.29, 0.717) is 16.9 Å². The minimum atomic E-state index is -1.55. The van der Waals surface area contributed by atoms with Crippen molar-refractivity contribution in [3.8, 4) is 22.5 Å². The summed E-state index contributed by atoms with van der Waals surface area (Å²) in [5.41, 5.74) is 3.87. The van der Waals surface area contributed by atoms with E-state index in [0.717, 1.165) is 27.6 Å². The zero-order chi connectivity index (χ0) is 31.0. The van der Waals surface area contributed by atoms with Crippen molar-refractivity contribution in [2.45, 2.75) is 37.6 Å². The monoisotopic (exact) mass is 590 g/mol. The van der Waals surface area contributed by atoms with Gasteiger partial charge in [0.25, 0.3) is 0 Å². The predicted molar refractivity (Wildman–Crippen MR) is 160 cm³/mol. The van der Waals surface area contributed by atoms with Crippen molar-refractivity contribution in [2.75, 3.05) is 39.7 Å². The molecule has 5 rings (SSSR count). The summed E-state index contributed by atoms with van der Waals surface area (Å²) in [6, 6.07) is 17.4. The molecule has 4 N–H and O–H groups in total. The van der Waals surface area contributed by atoms with E-state index in [-0.39, 0.29) is 5.56 Å². The molecule has 1 saturated heterocycles. The number of nitrogens with zero attached hydrogens (tertiary/aromatic N) is 2. The van der Waals surface area contributed by atoms with Crippen molar-refractivity contribution in [1.29, 1.82) is 0 Å². The van der Waals surface area contributed by atoms with Crippen LogP contribution in [0.15, 0.2) is 65.1 Å². The van der Waals surface area contributed by atoms with Crippen LogP contribution in [0.3, 0.4) is 0 Å². The maximum Gasteiger partial charge on any atom is 0.341 e. The summed E-state index contributed by atoms with van der Waals surface area (Å²) >= 11 is 0. The molecule has 0 unspecified atom stereocenters. The molecule has 5 atom stereocenters. The second-order valence-corrected chi connectivity index (χ2v) is 11.0. The van der Waals surface area contributed by atoms with Gasteiger partial charge in [0.1, 0.15) is 49.8 Å². The fourth-order valence-electron chi connectivity index (χ4n) is 5.33. The van der Waals surface area contributed by atoms with Gasteiger partial charge in [0.15, 0.2) is 0 Å². The van der Waals surface area contributed by atoms with Gasteiger partial charge in [-0.15, -0.1) is 0 Å². The first-order valence-electron chi connectivity index (χ1n) is 13.9. The largest absolute Gasteiger partial charge is 0.456 e. The van der Waals surface area contributed by atoms with Gasteiger partial charge in [0.05, 0.1) is 18.2 Å². The van der Waals surface area contributed by atoms with Crippen molar-refractivity contribution >= 4 is 28.5 Å². The highest BCUT2D eigenvalue weighted by atomic mass is 16.7. The Hall–Kier alpha value is -4.29. The van der Waals surface area contributed by atoms with E-state index in [1.165, 1.54) is 6.92 Å². The normalized spacial score (nSPS) is 21.9. The third kappa shape index (κ3) is 5.84. The van der Waals surface area contributed by atoms with Gasteiger partial charge in [-0.1, -0.05) is 18.2 Å². The molecule has 43 heavy (non-hydrogen) atoms. The number of anilines is 1. The lowest BCUT2D eigenvalue weighted by molar-refractivity contribution is -0.253. The van der Waals surface area contributed by atoms with E-state index in [1.807, 2.05) is 86.2 Å². The van der Waals surface area contributed by atoms with Gasteiger partial charge in [-0.2, -0.15) is 0 Å². The maximum absolute atomic E-state index is 13.8. The summed E-state index contributed by atoms with van der Waals surface area (Å²) < 4.78 is 19.8. The van der Waals surface area contributed by atoms with Crippen LogP contribution in [0, 0.1) is 0 Å². The van der Waals surface area contributed by atoms with Gasteiger partial charge in [0, 0.05) is 55.4 Å². The van der Waals surface area contributed by atoms with Crippen LogP contribution in [0.4, 0.5) is 5.69 Å². The minimum Gasteiger partial charge on any atom is -0.456 e. The number of fused-ring (bicyclic) bond motifs is 2. The van der Waals surface area contributed by atoms with Crippen LogP contribution in [0.2, 0.25) is 0 Å². The molecule has 2 aromatic rings. The maximum atomic E-state index is 13.8. The van der Waals surface area contributed by atoms with Crippen molar-refractivity contribution < 1.29 is 38.8 Å². The number of esters is 1. The van der Waals surface area contributed by atoms with Crippen LogP contribution in [0.1, 0.15) is 17.3 Å². The molecule has 226 valence electrons. The number of aliphatic hydroxyl groups excluding tert-OH is 3. The van der Waals surface area contributed by atoms with Gasteiger partial charge in [-0.25, -0.2) is 9.37 Å². The van der Waals surface area contributed by atoms with Crippen molar-refractivity contribution in [3.63, 3.8) is 0 Å². The van der Waals surface area contributed by atoms with Crippen LogP contribution in [0.5, 0.6) is 0 Å². The molecule has 11 nitrogen and oxygen atoms in total. The first kappa shape index (κ1) is 30.2. The minimum absolute atomic E-state index is 0.205. The van der Waals surface area contributed by atoms with E-state index in [2.05, 4.69) is 5.32 Å². The number of ether oxygens (including phenoxy) is 2. The van der Waals surface area contributed by atoms with Crippen molar-refractivity contribution in [3.05, 3.63) is 71.6 Å². The fraction of sp³-hybridized carbons (Fsp3) is 0.344. The van der Waals surface area contributed by atoms with Crippen LogP contribution >= 0.6 is 0 Å². The molecule has 0 spiro atoms. The summed E-state index contributed by atoms with van der Waals surface area (Å²) in [7, 11) is 7.77. The first-order valence-corrected chi connectivity index (χ1v) is 13.9. The van der Waals surface area contributed by atoms with Crippen LogP contribution in [-0.4, -0.2) is 92.6 Å². The number of hydrogen-bond acceptors (Lipinski definition) is 9. The quantitative estimate of drug-likeness (QED) is 0.149. The summed E-state index contributed by atoms with van der Waals surface area (Å²) in [4.78, 5) is 27.7. The number of hydrogen-bond donors (Lipinski definition) is 4. The highest BCUT2D eigenvalue weighted by Gasteiger charge is 2.46. The summed E-state index contributed by atoms with van der Waals surface area (Å²) in [6.45, 7) is 0.594. The van der Waals surface area contributed by atoms with E-state index in [1.54, 1.807) is 12.1 Å². The molecule has 2 aromatic carbocycles. The second kappa shape index (κ2) is 12.1. The molecule has 1 fully saturated rings. The Bertz CT molecular complexity index is 1710. The zero-order valence-corrected chi connectivity index (χ0v) is 24.6. The Kier molecular flexibility index (Phi) is 8.52. The predicted octanol–water partition coefficient (Wildman–Crippen LogP) is 1.40. The Labute approximate surface area is 248 Å². The van der Waals surface area contributed by atoms with Crippen molar-refractivity contribution in [2.24, 2.45) is 0 Å². The van der Waals surface area contributed by atoms with Crippen LogP contribution in [0.25, 0.3) is 33.4 Å². The molecule has 0 aromatic heterocycles. The van der Waals surface area contributed by atoms with E-state index in [4.69, 9.17) is 13.9 Å². The average Bonchev–Trinajstić information content (AvgIpc) is 2.98. The summed E-state index contributed by atoms with van der Waals surface area (Å²) in [5.74, 6) is -0.686. The Morgan fingerprint density at radius 2 is 1.74 bits per heavy atom. The highest BCUT2D eigenvalue weighted by molar-refractivity contribution is 6.08. The fourth-order valence-corrected chi connectivity index (χ4v) is 5.33. The molecule has 1 aliphatic carbocycles. The standard InChI is InChI=1S/C32H35N3O8/c1-17(37)33-28-30(39)29(38)26(16-36)42-32(28)43-31(40)21-9-7-6-8-20(21)27-22-12-10-18(34(2)3)14-24(22)41-25-15-19(35(4)5)11-13-23(25)27/h6-15,26,28-30,32,36,38-39H,16H2,1-5H3/p+1/t26-,28-,29-,30-,32+/m1/s1. The van der Waals surface area contributed by atoms with Crippen LogP contribution in [-0.2, 0) is 14.3 Å². The first-order chi connectivity index (χ1) is 20.5. The van der Waals surface area contributed by atoms with Gasteiger partial charge >= 0.3 is 5.97 Å². The van der Waals surface area contributed by atoms with Gasteiger partial charge in [-0.05, 0) is 29.8 Å². The number of carbonyl (C=O) groups excluding carboxylic acids is 2. The molecule has 2 heterocycles. The molecule has 2 aliphatic heterocycles. The molecular formula is C32H36N3O8+. The number of carbonyl (C=O) groups is 2. The molecular weight excluding hydrogens is 554 g/mol. The third-order valence-electron chi connectivity index (χ3n) is 7.61. The number of amides is 1. The van der Waals surface area contributed by atoms with Gasteiger partial charge < -0.3 is 39.4 Å². The van der Waals surface area contributed by atoms with E-state index >= 15 is 0 Å². The summed E-state index contributed by atoms with van der Waals surface area (Å²) in [5, 5.41) is 34.9. The number of benzene rings is 3. The smallest absolute Gasteiger partial charge is 0.341 e. The lowest BCUT2D eigenvalue weighted by Gasteiger charge is -2.41. The third-order valence-corrected chi connectivity index (χ3v) is 7.61. The molecule has 3 aliphatic rings. The lowest BCUT2D eigenvalue weighted by Crippen LogP contribution is -2.64. The molecule has 0 saturated carbocycles. The van der Waals surface area contributed by atoms with Gasteiger partial charge in [-0.3, -0.25) is 4.79 Å². The lowest BCUT2D eigenvalue weighted by atomic mass is 9.90.